The minimum absolute atomic E-state index is 0.0756. The molecule has 2 aromatic heterocycles. The molecule has 0 aliphatic carbocycles. The third-order valence-corrected chi connectivity index (χ3v) is 3.74. The van der Waals surface area contributed by atoms with E-state index in [1.807, 2.05) is 4.90 Å². The highest BCUT2D eigenvalue weighted by Crippen LogP contribution is 2.18. The first-order valence-electron chi connectivity index (χ1n) is 7.26. The second kappa shape index (κ2) is 6.74. The van der Waals surface area contributed by atoms with E-state index in [2.05, 4.69) is 20.3 Å². The van der Waals surface area contributed by atoms with Crippen LogP contribution >= 0.6 is 0 Å². The number of rotatable bonds is 4. The van der Waals surface area contributed by atoms with Gasteiger partial charge >= 0.3 is 0 Å². The van der Waals surface area contributed by atoms with Crippen molar-refractivity contribution in [1.29, 1.82) is 0 Å². The van der Waals surface area contributed by atoms with Gasteiger partial charge in [0, 0.05) is 37.1 Å². The number of pyridine rings is 1. The zero-order chi connectivity index (χ0) is 15.4. The molecule has 22 heavy (non-hydrogen) atoms. The number of hydrogen-bond acceptors (Lipinski definition) is 5. The Morgan fingerprint density at radius 1 is 1.18 bits per heavy atom. The van der Waals surface area contributed by atoms with E-state index in [9.17, 15) is 8.78 Å². The van der Waals surface area contributed by atoms with Crippen LogP contribution in [0.25, 0.3) is 0 Å². The molecule has 1 aliphatic rings. The number of halogens is 2. The van der Waals surface area contributed by atoms with Crippen LogP contribution in [0, 0.1) is 11.6 Å². The van der Waals surface area contributed by atoms with Crippen molar-refractivity contribution < 1.29 is 8.78 Å². The summed E-state index contributed by atoms with van der Waals surface area (Å²) in [6.07, 6.45) is 7.40. The Bertz CT molecular complexity index is 602. The number of likely N-dealkylation sites (tertiary alicyclic amines) is 1. The lowest BCUT2D eigenvalue weighted by Crippen LogP contribution is -2.42. The van der Waals surface area contributed by atoms with Gasteiger partial charge in [-0.25, -0.2) is 18.7 Å². The number of nitrogens with one attached hydrogen (secondary N) is 1. The molecule has 0 spiro atoms. The zero-order valence-electron chi connectivity index (χ0n) is 12.0. The molecule has 1 saturated heterocycles. The second-order valence-corrected chi connectivity index (χ2v) is 5.37. The molecule has 3 heterocycles. The number of piperidine rings is 1. The van der Waals surface area contributed by atoms with Crippen molar-refractivity contribution in [2.24, 2.45) is 0 Å². The molecule has 1 aliphatic heterocycles. The summed E-state index contributed by atoms with van der Waals surface area (Å²) < 4.78 is 27.4. The summed E-state index contributed by atoms with van der Waals surface area (Å²) >= 11 is 0. The van der Waals surface area contributed by atoms with Crippen molar-refractivity contribution in [3.63, 3.8) is 0 Å². The molecule has 0 aromatic carbocycles. The molecule has 116 valence electrons. The van der Waals surface area contributed by atoms with Crippen molar-refractivity contribution in [2.45, 2.75) is 25.4 Å². The lowest BCUT2D eigenvalue weighted by atomic mass is 10.0. The van der Waals surface area contributed by atoms with Crippen LogP contribution in [0.1, 0.15) is 18.4 Å². The molecular formula is C15H17F2N5. The standard InChI is InChI=1S/C15H17F2N5/c16-13-7-18-8-14(17)12(13)10-22-6-1-3-11(9-22)21-15-19-4-2-5-20-15/h2,4-5,7-8,11H,1,3,6,9-10H2,(H,19,20,21). The number of anilines is 1. The summed E-state index contributed by atoms with van der Waals surface area (Å²) in [4.78, 5) is 13.8. The normalized spacial score (nSPS) is 19.1. The molecule has 0 saturated carbocycles. The van der Waals surface area contributed by atoms with Gasteiger partial charge in [-0.3, -0.25) is 9.88 Å². The summed E-state index contributed by atoms with van der Waals surface area (Å²) in [6, 6.07) is 1.93. The molecule has 1 atom stereocenters. The Hall–Kier alpha value is -2.15. The van der Waals surface area contributed by atoms with Crippen molar-refractivity contribution in [3.05, 3.63) is 48.1 Å². The van der Waals surface area contributed by atoms with Gasteiger partial charge in [0.15, 0.2) is 0 Å². The van der Waals surface area contributed by atoms with E-state index in [0.29, 0.717) is 12.5 Å². The van der Waals surface area contributed by atoms with E-state index in [1.165, 1.54) is 0 Å². The summed E-state index contributed by atoms with van der Waals surface area (Å²) in [7, 11) is 0. The Balaban J connectivity index is 1.63. The fourth-order valence-corrected chi connectivity index (χ4v) is 2.69. The van der Waals surface area contributed by atoms with Gasteiger partial charge in [-0.15, -0.1) is 0 Å². The van der Waals surface area contributed by atoms with Crippen molar-refractivity contribution in [3.8, 4) is 0 Å². The van der Waals surface area contributed by atoms with Gasteiger partial charge in [0.2, 0.25) is 5.95 Å². The highest BCUT2D eigenvalue weighted by atomic mass is 19.1. The van der Waals surface area contributed by atoms with E-state index >= 15 is 0 Å². The molecule has 1 fully saturated rings. The second-order valence-electron chi connectivity index (χ2n) is 5.37. The fraction of sp³-hybridized carbons (Fsp3) is 0.400. The minimum atomic E-state index is -0.596. The van der Waals surface area contributed by atoms with Gasteiger partial charge in [0.25, 0.3) is 0 Å². The smallest absolute Gasteiger partial charge is 0.222 e. The zero-order valence-corrected chi connectivity index (χ0v) is 12.0. The highest BCUT2D eigenvalue weighted by Gasteiger charge is 2.22. The first-order chi connectivity index (χ1) is 10.7. The van der Waals surface area contributed by atoms with Gasteiger partial charge in [-0.1, -0.05) is 0 Å². The third-order valence-electron chi connectivity index (χ3n) is 3.74. The topological polar surface area (TPSA) is 53.9 Å². The minimum Gasteiger partial charge on any atom is -0.350 e. The van der Waals surface area contributed by atoms with Crippen molar-refractivity contribution in [2.75, 3.05) is 18.4 Å². The first kappa shape index (κ1) is 14.8. The van der Waals surface area contributed by atoms with Gasteiger partial charge < -0.3 is 5.32 Å². The first-order valence-corrected chi connectivity index (χ1v) is 7.26. The summed E-state index contributed by atoms with van der Waals surface area (Å²) in [5.74, 6) is -0.612. The van der Waals surface area contributed by atoms with Gasteiger partial charge in [0.1, 0.15) is 11.6 Å². The maximum Gasteiger partial charge on any atom is 0.222 e. The molecule has 5 nitrogen and oxygen atoms in total. The van der Waals surface area contributed by atoms with Crippen molar-refractivity contribution in [1.82, 2.24) is 19.9 Å². The van der Waals surface area contributed by atoms with Crippen LogP contribution in [0.15, 0.2) is 30.9 Å². The monoisotopic (exact) mass is 305 g/mol. The quantitative estimate of drug-likeness (QED) is 0.939. The van der Waals surface area contributed by atoms with Crippen LogP contribution in [0.2, 0.25) is 0 Å². The molecule has 1 N–H and O–H groups in total. The molecule has 7 heteroatoms. The van der Waals surface area contributed by atoms with Gasteiger partial charge in [0.05, 0.1) is 12.4 Å². The molecule has 0 amide bonds. The van der Waals surface area contributed by atoms with Crippen LogP contribution in [0.5, 0.6) is 0 Å². The lowest BCUT2D eigenvalue weighted by Gasteiger charge is -2.33. The average Bonchev–Trinajstić information content (AvgIpc) is 2.53. The van der Waals surface area contributed by atoms with Gasteiger partial charge in [-0.05, 0) is 25.5 Å². The Morgan fingerprint density at radius 2 is 1.91 bits per heavy atom. The van der Waals surface area contributed by atoms with Crippen LogP contribution in [0.4, 0.5) is 14.7 Å². The molecule has 2 aromatic rings. The summed E-state index contributed by atoms with van der Waals surface area (Å²) in [5, 5.41) is 3.26. The summed E-state index contributed by atoms with van der Waals surface area (Å²) in [6.45, 7) is 1.75. The lowest BCUT2D eigenvalue weighted by molar-refractivity contribution is 0.203. The van der Waals surface area contributed by atoms with Gasteiger partial charge in [-0.2, -0.15) is 0 Å². The maximum atomic E-state index is 13.7. The molecule has 3 rings (SSSR count). The predicted octanol–water partition coefficient (Wildman–Crippen LogP) is 2.23. The summed E-state index contributed by atoms with van der Waals surface area (Å²) in [5.41, 5.74) is 0.0756. The Morgan fingerprint density at radius 3 is 2.64 bits per heavy atom. The van der Waals surface area contributed by atoms with Crippen LogP contribution < -0.4 is 5.32 Å². The number of nitrogens with zero attached hydrogens (tertiary/aromatic N) is 4. The third kappa shape index (κ3) is 3.54. The van der Waals surface area contributed by atoms with Crippen LogP contribution in [0.3, 0.4) is 0 Å². The van der Waals surface area contributed by atoms with E-state index in [1.54, 1.807) is 18.5 Å². The Kier molecular flexibility index (Phi) is 4.53. The Labute approximate surface area is 127 Å². The molecular weight excluding hydrogens is 288 g/mol. The molecule has 0 radical (unpaired) electrons. The number of aromatic nitrogens is 3. The van der Waals surface area contributed by atoms with E-state index in [4.69, 9.17) is 0 Å². The SMILES string of the molecule is Fc1cncc(F)c1CN1CCCC(Nc2ncccn2)C1. The largest absolute Gasteiger partial charge is 0.350 e. The van der Waals surface area contributed by atoms with Crippen molar-refractivity contribution >= 4 is 5.95 Å². The van der Waals surface area contributed by atoms with E-state index < -0.39 is 11.6 Å². The fourth-order valence-electron chi connectivity index (χ4n) is 2.69. The van der Waals surface area contributed by atoms with E-state index in [-0.39, 0.29) is 18.2 Å². The molecule has 1 unspecified atom stereocenters. The molecule has 0 bridgehead atoms. The average molecular weight is 305 g/mol. The highest BCUT2D eigenvalue weighted by molar-refractivity contribution is 5.24. The maximum absolute atomic E-state index is 13.7. The number of hydrogen-bond donors (Lipinski definition) is 1. The van der Waals surface area contributed by atoms with Crippen LogP contribution in [-0.2, 0) is 6.54 Å². The predicted molar refractivity (Wildman–Crippen MR) is 78.1 cm³/mol. The van der Waals surface area contributed by atoms with Crippen LogP contribution in [-0.4, -0.2) is 39.0 Å². The van der Waals surface area contributed by atoms with E-state index in [0.717, 1.165) is 31.8 Å².